The molecular weight excluding hydrogens is 286 g/mol. The minimum absolute atomic E-state index is 0. The summed E-state index contributed by atoms with van der Waals surface area (Å²) in [4.78, 5) is 0. The van der Waals surface area contributed by atoms with E-state index in [1.807, 2.05) is 0 Å². The summed E-state index contributed by atoms with van der Waals surface area (Å²) in [6.07, 6.45) is -0.670. The number of hydrogen-bond donors (Lipinski definition) is 0. The Morgan fingerprint density at radius 2 is 1.00 bits per heavy atom. The van der Waals surface area contributed by atoms with Crippen molar-refractivity contribution in [1.82, 2.24) is 0 Å². The fourth-order valence-corrected chi connectivity index (χ4v) is 4.38. The molecule has 0 aliphatic heterocycles. The van der Waals surface area contributed by atoms with Gasteiger partial charge in [0.2, 0.25) is 0 Å². The van der Waals surface area contributed by atoms with Crippen LogP contribution in [-0.2, 0) is 0 Å². The molecule has 0 fully saturated rings. The van der Waals surface area contributed by atoms with Crippen LogP contribution in [0.25, 0.3) is 0 Å². The molecule has 0 aliphatic rings. The van der Waals surface area contributed by atoms with E-state index in [1.54, 1.807) is 0 Å². The van der Waals surface area contributed by atoms with Crippen molar-refractivity contribution in [2.24, 2.45) is 0 Å². The van der Waals surface area contributed by atoms with Gasteiger partial charge in [-0.2, -0.15) is 13.5 Å². The molecule has 0 saturated heterocycles. The quantitative estimate of drug-likeness (QED) is 0.588. The van der Waals surface area contributed by atoms with Gasteiger partial charge in [-0.1, -0.05) is 0 Å². The van der Waals surface area contributed by atoms with E-state index >= 15 is 0 Å². The molecule has 0 bridgehead atoms. The van der Waals surface area contributed by atoms with Gasteiger partial charge in [-0.3, -0.25) is 0 Å². The molecule has 0 aromatic heterocycles. The van der Waals surface area contributed by atoms with E-state index in [1.165, 1.54) is 10.6 Å². The second-order valence-electron chi connectivity index (χ2n) is 3.06. The van der Waals surface area contributed by atoms with E-state index in [-0.39, 0.29) is 13.5 Å². The third-order valence-corrected chi connectivity index (χ3v) is 6.75. The van der Waals surface area contributed by atoms with Crippen LogP contribution in [0.2, 0.25) is 0 Å². The van der Waals surface area contributed by atoms with Gasteiger partial charge in [0.15, 0.2) is 0 Å². The van der Waals surface area contributed by atoms with Crippen LogP contribution in [0.4, 0.5) is 0 Å². The summed E-state index contributed by atoms with van der Waals surface area (Å²) in [6, 6.07) is 21.3. The molecule has 0 nitrogen and oxygen atoms in total. The van der Waals surface area contributed by atoms with Gasteiger partial charge in [0.25, 0.3) is 0 Å². The van der Waals surface area contributed by atoms with Gasteiger partial charge < -0.3 is 0 Å². The summed E-state index contributed by atoms with van der Waals surface area (Å²) in [5, 5.41) is 2.84. The first-order chi connectivity index (χ1) is 6.88. The van der Waals surface area contributed by atoms with Crippen molar-refractivity contribution in [3.8, 4) is 0 Å². The molecule has 2 rings (SSSR count). The second-order valence-corrected chi connectivity index (χ2v) is 7.44. The van der Waals surface area contributed by atoms with E-state index in [0.717, 1.165) is 0 Å². The molecular formula is C12H13PSSe. The molecule has 2 aromatic rings. The third-order valence-electron chi connectivity index (χ3n) is 2.07. The van der Waals surface area contributed by atoms with Crippen LogP contribution < -0.4 is 10.6 Å². The van der Waals surface area contributed by atoms with Gasteiger partial charge in [0.05, 0.1) is 0 Å². The Morgan fingerprint density at radius 3 is 1.33 bits per heavy atom. The molecule has 0 spiro atoms. The average molecular weight is 299 g/mol. The molecule has 78 valence electrons. The van der Waals surface area contributed by atoms with Crippen molar-refractivity contribution >= 4 is 45.4 Å². The summed E-state index contributed by atoms with van der Waals surface area (Å²) in [5.41, 5.74) is 0. The first-order valence-corrected chi connectivity index (χ1v) is 8.50. The number of benzene rings is 2. The van der Waals surface area contributed by atoms with Crippen LogP contribution in [0.15, 0.2) is 60.7 Å². The van der Waals surface area contributed by atoms with Crippen LogP contribution in [-0.4, -0.2) is 15.1 Å². The predicted molar refractivity (Wildman–Crippen MR) is 76.6 cm³/mol. The molecule has 0 unspecified atom stereocenters. The Labute approximate surface area is 106 Å². The molecule has 3 heteroatoms. The normalized spacial score (nSPS) is 9.67. The van der Waals surface area contributed by atoms with Crippen LogP contribution >= 0.6 is 19.7 Å². The average Bonchev–Trinajstić information content (AvgIpc) is 2.30. The molecule has 0 atom stereocenters. The zero-order valence-electron chi connectivity index (χ0n) is 8.18. The summed E-state index contributed by atoms with van der Waals surface area (Å²) in [5.74, 6) is 0. The zero-order chi connectivity index (χ0) is 9.80. The SMILES string of the molecule is S.[Se]=[PH](c1ccccc1)c1ccccc1. The van der Waals surface area contributed by atoms with Gasteiger partial charge in [-0.25, -0.2) is 0 Å². The fraction of sp³-hybridized carbons (Fsp3) is 0. The Bertz CT molecular complexity index is 386. The first-order valence-electron chi connectivity index (χ1n) is 4.53. The molecule has 0 heterocycles. The standard InChI is InChI=1S/C12H11PSe.H2S/c14-13(11-7-3-1-4-8-11)12-9-5-2-6-10-12;/h1-10,13H;1H2. The van der Waals surface area contributed by atoms with E-state index in [0.29, 0.717) is 0 Å². The van der Waals surface area contributed by atoms with Crippen molar-refractivity contribution in [3.05, 3.63) is 60.7 Å². The molecule has 0 saturated carbocycles. The van der Waals surface area contributed by atoms with Crippen LogP contribution in [0.3, 0.4) is 0 Å². The van der Waals surface area contributed by atoms with Gasteiger partial charge in [-0.05, 0) is 0 Å². The molecule has 2 aromatic carbocycles. The fourth-order valence-electron chi connectivity index (χ4n) is 1.35. The molecule has 15 heavy (non-hydrogen) atoms. The molecule has 0 amide bonds. The van der Waals surface area contributed by atoms with Crippen LogP contribution in [0.5, 0.6) is 0 Å². The van der Waals surface area contributed by atoms with Gasteiger partial charge in [0.1, 0.15) is 0 Å². The monoisotopic (exact) mass is 300 g/mol. The summed E-state index contributed by atoms with van der Waals surface area (Å²) in [6.45, 7) is 0. The van der Waals surface area contributed by atoms with Crippen molar-refractivity contribution in [2.45, 2.75) is 0 Å². The summed E-state index contributed by atoms with van der Waals surface area (Å²) >= 11 is 3.31. The van der Waals surface area contributed by atoms with Crippen molar-refractivity contribution < 1.29 is 0 Å². The topological polar surface area (TPSA) is 0 Å². The zero-order valence-corrected chi connectivity index (χ0v) is 11.9. The summed E-state index contributed by atoms with van der Waals surface area (Å²) < 4.78 is 0. The Hall–Kier alpha value is -0.261. The van der Waals surface area contributed by atoms with Gasteiger partial charge in [0, 0.05) is 0 Å². The van der Waals surface area contributed by atoms with E-state index in [2.05, 4.69) is 75.8 Å². The molecule has 0 N–H and O–H groups in total. The van der Waals surface area contributed by atoms with E-state index in [9.17, 15) is 0 Å². The maximum atomic E-state index is 3.31. The maximum absolute atomic E-state index is 3.31. The predicted octanol–water partition coefficient (Wildman–Crippen LogP) is 2.05. The van der Waals surface area contributed by atoms with Crippen LogP contribution in [0.1, 0.15) is 0 Å². The first kappa shape index (κ1) is 12.8. The molecule has 0 radical (unpaired) electrons. The van der Waals surface area contributed by atoms with Crippen molar-refractivity contribution in [1.29, 1.82) is 0 Å². The number of hydrogen-bond acceptors (Lipinski definition) is 0. The van der Waals surface area contributed by atoms with Crippen molar-refractivity contribution in [2.75, 3.05) is 0 Å². The minimum atomic E-state index is -0.670. The Balaban J connectivity index is 0.00000112. The van der Waals surface area contributed by atoms with E-state index in [4.69, 9.17) is 0 Å². The second kappa shape index (κ2) is 6.35. The van der Waals surface area contributed by atoms with E-state index < -0.39 is 6.17 Å². The Morgan fingerprint density at radius 1 is 0.667 bits per heavy atom. The third kappa shape index (κ3) is 3.36. The number of rotatable bonds is 2. The van der Waals surface area contributed by atoms with Gasteiger partial charge >= 0.3 is 92.5 Å². The van der Waals surface area contributed by atoms with Crippen molar-refractivity contribution in [3.63, 3.8) is 0 Å². The van der Waals surface area contributed by atoms with Gasteiger partial charge in [-0.15, -0.1) is 0 Å². The summed E-state index contributed by atoms with van der Waals surface area (Å²) in [7, 11) is 0. The Kier molecular flexibility index (Phi) is 5.42. The van der Waals surface area contributed by atoms with Crippen LogP contribution in [0, 0.1) is 0 Å². The molecule has 0 aliphatic carbocycles.